The predicted octanol–water partition coefficient (Wildman–Crippen LogP) is 14.2. The maximum atomic E-state index is 5.34. The highest BCUT2D eigenvalue weighted by Crippen LogP contribution is 2.62. The lowest BCUT2D eigenvalue weighted by molar-refractivity contribution is 0.723. The van der Waals surface area contributed by atoms with Crippen LogP contribution in [0.25, 0.3) is 78.2 Å². The summed E-state index contributed by atoms with van der Waals surface area (Å²) in [7, 11) is 0. The average molecular weight is 782 g/mol. The van der Waals surface area contributed by atoms with E-state index in [1.54, 1.807) is 0 Å². The first-order valence-corrected chi connectivity index (χ1v) is 21.1. The van der Waals surface area contributed by atoms with Crippen LogP contribution in [-0.4, -0.2) is 15.0 Å². The number of pyridine rings is 1. The molecular weight excluding hydrogens is 747 g/mol. The van der Waals surface area contributed by atoms with Crippen LogP contribution in [-0.2, 0) is 5.41 Å². The molecule has 0 amide bonds. The Labute approximate surface area is 353 Å². The molecule has 0 N–H and O–H groups in total. The number of nitrogens with zero attached hydrogens (tertiary/aromatic N) is 3. The molecule has 0 radical (unpaired) electrons. The Bertz CT molecular complexity index is 3260. The lowest BCUT2D eigenvalue weighted by atomic mass is 9.67. The van der Waals surface area contributed by atoms with Crippen LogP contribution in [0.3, 0.4) is 0 Å². The second kappa shape index (κ2) is 13.9. The molecule has 3 heterocycles. The van der Waals surface area contributed by atoms with E-state index in [0.717, 1.165) is 50.1 Å². The van der Waals surface area contributed by atoms with Crippen molar-refractivity contribution in [3.8, 4) is 67.3 Å². The normalized spacial score (nSPS) is 13.1. The topological polar surface area (TPSA) is 38.7 Å². The summed E-state index contributed by atoms with van der Waals surface area (Å²) < 4.78 is 0. The lowest BCUT2D eigenvalue weighted by Gasteiger charge is -2.40. The molecule has 4 heteroatoms. The highest BCUT2D eigenvalue weighted by molar-refractivity contribution is 7.99. The summed E-state index contributed by atoms with van der Waals surface area (Å²) in [5, 5.41) is 1.14. The predicted molar refractivity (Wildman–Crippen MR) is 246 cm³/mol. The molecule has 0 saturated heterocycles. The molecule has 0 saturated carbocycles. The number of rotatable bonds is 5. The van der Waals surface area contributed by atoms with Gasteiger partial charge in [0.15, 0.2) is 5.82 Å². The summed E-state index contributed by atoms with van der Waals surface area (Å²) in [5.74, 6) is 0.698. The van der Waals surface area contributed by atoms with Gasteiger partial charge in [0.25, 0.3) is 0 Å². The van der Waals surface area contributed by atoms with Crippen LogP contribution >= 0.6 is 11.8 Å². The van der Waals surface area contributed by atoms with E-state index < -0.39 is 5.41 Å². The summed E-state index contributed by atoms with van der Waals surface area (Å²) >= 11 is 1.84. The second-order valence-electron chi connectivity index (χ2n) is 15.6. The van der Waals surface area contributed by atoms with E-state index in [1.165, 1.54) is 54.3 Å². The second-order valence-corrected chi connectivity index (χ2v) is 16.6. The molecule has 280 valence electrons. The van der Waals surface area contributed by atoms with E-state index in [1.807, 2.05) is 30.1 Å². The van der Waals surface area contributed by atoms with Crippen LogP contribution in [0.5, 0.6) is 0 Å². The van der Waals surface area contributed by atoms with Crippen LogP contribution in [0.4, 0.5) is 0 Å². The molecule has 0 unspecified atom stereocenters. The summed E-state index contributed by atoms with van der Waals surface area (Å²) in [4.78, 5) is 17.7. The van der Waals surface area contributed by atoms with Crippen molar-refractivity contribution in [2.45, 2.75) is 15.2 Å². The van der Waals surface area contributed by atoms with E-state index in [9.17, 15) is 0 Å². The van der Waals surface area contributed by atoms with E-state index in [4.69, 9.17) is 9.97 Å². The minimum Gasteiger partial charge on any atom is -0.256 e. The van der Waals surface area contributed by atoms with Gasteiger partial charge in [0.1, 0.15) is 0 Å². The number of benzene rings is 8. The van der Waals surface area contributed by atoms with Gasteiger partial charge in [0, 0.05) is 38.1 Å². The molecule has 10 aromatic rings. The maximum absolute atomic E-state index is 5.34. The third-order valence-corrected chi connectivity index (χ3v) is 13.3. The van der Waals surface area contributed by atoms with Gasteiger partial charge in [0.2, 0.25) is 0 Å². The fourth-order valence-electron chi connectivity index (χ4n) is 9.45. The fourth-order valence-corrected chi connectivity index (χ4v) is 10.7. The number of hydrogen-bond acceptors (Lipinski definition) is 4. The molecule has 0 bridgehead atoms. The van der Waals surface area contributed by atoms with Gasteiger partial charge in [-0.05, 0) is 92.0 Å². The van der Waals surface area contributed by atoms with E-state index >= 15 is 0 Å². The van der Waals surface area contributed by atoms with Crippen molar-refractivity contribution in [3.63, 3.8) is 0 Å². The fraction of sp³-hybridized carbons (Fsp3) is 0.0179. The van der Waals surface area contributed by atoms with Crippen molar-refractivity contribution >= 4 is 22.7 Å². The highest BCUT2D eigenvalue weighted by Gasteiger charge is 2.50. The van der Waals surface area contributed by atoms with Crippen LogP contribution in [0.1, 0.15) is 22.3 Å². The third-order valence-electron chi connectivity index (χ3n) is 12.2. The molecule has 3 nitrogen and oxygen atoms in total. The molecule has 8 aromatic carbocycles. The van der Waals surface area contributed by atoms with Gasteiger partial charge in [0.05, 0.1) is 22.3 Å². The summed E-state index contributed by atoms with van der Waals surface area (Å²) in [5.41, 5.74) is 17.8. The van der Waals surface area contributed by atoms with Gasteiger partial charge in [-0.15, -0.1) is 0 Å². The minimum absolute atomic E-state index is 0.499. The summed E-state index contributed by atoms with van der Waals surface area (Å²) in [6, 6.07) is 74.3. The Hall–Kier alpha value is -7.40. The van der Waals surface area contributed by atoms with Crippen LogP contribution in [0.2, 0.25) is 0 Å². The van der Waals surface area contributed by atoms with Gasteiger partial charge < -0.3 is 0 Å². The molecule has 2 aromatic heterocycles. The van der Waals surface area contributed by atoms with Crippen molar-refractivity contribution in [3.05, 3.63) is 235 Å². The first-order chi connectivity index (χ1) is 29.7. The molecule has 12 rings (SSSR count). The largest absolute Gasteiger partial charge is 0.256 e. The number of fused-ring (bicyclic) bond motifs is 10. The Balaban J connectivity index is 1.06. The zero-order chi connectivity index (χ0) is 39.6. The van der Waals surface area contributed by atoms with Crippen LogP contribution in [0.15, 0.2) is 222 Å². The molecule has 0 atom stereocenters. The van der Waals surface area contributed by atoms with Crippen molar-refractivity contribution in [2.75, 3.05) is 0 Å². The van der Waals surface area contributed by atoms with Crippen LogP contribution in [0, 0.1) is 0 Å². The SMILES string of the molecule is c1ccc(-c2cccc(-c3cc(-c4ccccc4)nc(-c4ccc5c(c4)Sc4cc(-c6ccc7cccnc7c6)ccc4C54c5ccccc5-c5ccccc54)n3)c2)cc1. The first kappa shape index (κ1) is 34.6. The van der Waals surface area contributed by atoms with Gasteiger partial charge in [-0.3, -0.25) is 4.98 Å². The standard InChI is InChI=1S/C56H35N3S/c1-3-13-36(14-4-1)39-17-11-18-42(31-39)52-35-51(37-15-5-2-6-16-37)58-55(59-52)43-27-29-49-54(34-43)60-53-33-41(40-25-24-38-19-12-30-57-50(38)32-40)26-28-48(53)56(49)46-22-9-7-20-44(46)45-21-8-10-23-47(45)56/h1-35H. The monoisotopic (exact) mass is 781 g/mol. The van der Waals surface area contributed by atoms with Crippen molar-refractivity contribution in [1.82, 2.24) is 15.0 Å². The van der Waals surface area contributed by atoms with Crippen molar-refractivity contribution < 1.29 is 0 Å². The average Bonchev–Trinajstić information content (AvgIpc) is 3.62. The van der Waals surface area contributed by atoms with Gasteiger partial charge >= 0.3 is 0 Å². The number of hydrogen-bond donors (Lipinski definition) is 0. The zero-order valence-corrected chi connectivity index (χ0v) is 33.3. The minimum atomic E-state index is -0.499. The van der Waals surface area contributed by atoms with Gasteiger partial charge in [-0.1, -0.05) is 182 Å². The van der Waals surface area contributed by atoms with Gasteiger partial charge in [-0.2, -0.15) is 0 Å². The van der Waals surface area contributed by atoms with E-state index in [2.05, 4.69) is 199 Å². The summed E-state index contributed by atoms with van der Waals surface area (Å²) in [6.45, 7) is 0. The maximum Gasteiger partial charge on any atom is 0.160 e. The van der Waals surface area contributed by atoms with E-state index in [-0.39, 0.29) is 0 Å². The first-order valence-electron chi connectivity index (χ1n) is 20.3. The van der Waals surface area contributed by atoms with Crippen molar-refractivity contribution in [2.24, 2.45) is 0 Å². The molecule has 0 fully saturated rings. The Kier molecular flexibility index (Phi) is 8.00. The molecule has 1 spiro atoms. The molecular formula is C56H35N3S. The van der Waals surface area contributed by atoms with Gasteiger partial charge in [-0.25, -0.2) is 9.97 Å². The zero-order valence-electron chi connectivity index (χ0n) is 32.5. The molecule has 2 aliphatic rings. The molecule has 1 aliphatic heterocycles. The Morgan fingerprint density at radius 2 is 0.900 bits per heavy atom. The summed E-state index contributed by atoms with van der Waals surface area (Å²) in [6.07, 6.45) is 1.87. The Morgan fingerprint density at radius 1 is 0.350 bits per heavy atom. The quantitative estimate of drug-likeness (QED) is 0.174. The smallest absolute Gasteiger partial charge is 0.160 e. The van der Waals surface area contributed by atoms with E-state index in [0.29, 0.717) is 5.82 Å². The molecule has 1 aliphatic carbocycles. The highest BCUT2D eigenvalue weighted by atomic mass is 32.2. The van der Waals surface area contributed by atoms with Crippen LogP contribution < -0.4 is 0 Å². The number of aromatic nitrogens is 3. The lowest BCUT2D eigenvalue weighted by Crippen LogP contribution is -2.32. The van der Waals surface area contributed by atoms with Crippen molar-refractivity contribution in [1.29, 1.82) is 0 Å². The molecule has 60 heavy (non-hydrogen) atoms. The third kappa shape index (κ3) is 5.49. The Morgan fingerprint density at radius 3 is 1.63 bits per heavy atom.